The Morgan fingerprint density at radius 3 is 1.50 bits per heavy atom. The van der Waals surface area contributed by atoms with Gasteiger partial charge in [-0.25, -0.2) is 4.99 Å². The third kappa shape index (κ3) is 6.40. The molecule has 0 aliphatic rings. The van der Waals surface area contributed by atoms with Crippen molar-refractivity contribution in [2.24, 2.45) is 4.99 Å². The van der Waals surface area contributed by atoms with E-state index in [-0.39, 0.29) is 5.54 Å². The molecule has 0 bridgehead atoms. The molecule has 0 rings (SSSR count). The minimum Gasteiger partial charge on any atom is -0.226 e. The Morgan fingerprint density at radius 2 is 1.25 bits per heavy atom. The Hall–Kier alpha value is -0.200. The van der Waals surface area contributed by atoms with E-state index in [1.54, 1.807) is 0 Å². The molecule has 0 N–H and O–H groups in total. The Morgan fingerprint density at radius 1 is 0.875 bits per heavy atom. The number of aliphatic imine (C=N–C) groups is 1. The van der Waals surface area contributed by atoms with E-state index in [0.29, 0.717) is 0 Å². The Kier molecular flexibility index (Phi) is 9.86. The molecule has 0 aliphatic carbocycles. The van der Waals surface area contributed by atoms with Crippen molar-refractivity contribution >= 4 is 17.4 Å². The van der Waals surface area contributed by atoms with E-state index in [1.807, 2.05) is 0 Å². The number of thiocarbonyl (C=S) groups is 1. The zero-order chi connectivity index (χ0) is 12.3. The summed E-state index contributed by atoms with van der Waals surface area (Å²) in [5.41, 5.74) is 0.115. The first-order valence-electron chi connectivity index (χ1n) is 6.83. The maximum absolute atomic E-state index is 4.83. The molecule has 0 aromatic heterocycles. The summed E-state index contributed by atoms with van der Waals surface area (Å²) in [7, 11) is 0. The van der Waals surface area contributed by atoms with Gasteiger partial charge in [0.05, 0.1) is 10.7 Å². The monoisotopic (exact) mass is 241 g/mol. The molecule has 0 aliphatic heterocycles. The van der Waals surface area contributed by atoms with Crippen LogP contribution in [0.4, 0.5) is 0 Å². The third-order valence-corrected chi connectivity index (χ3v) is 3.36. The van der Waals surface area contributed by atoms with E-state index >= 15 is 0 Å². The first-order chi connectivity index (χ1) is 7.74. The van der Waals surface area contributed by atoms with Crippen LogP contribution in [-0.4, -0.2) is 10.7 Å². The molecular weight excluding hydrogens is 214 g/mol. The molecule has 0 aromatic rings. The number of rotatable bonds is 10. The summed E-state index contributed by atoms with van der Waals surface area (Å²) in [6.45, 7) is 6.72. The molecule has 0 heterocycles. The standard InChI is InChI=1S/C14H27NS/c1-4-7-10-14(15-13-16,11-8-5-2)12-9-6-3/h4-12H2,1-3H3. The summed E-state index contributed by atoms with van der Waals surface area (Å²) in [6, 6.07) is 0. The maximum Gasteiger partial charge on any atom is 0.0711 e. The van der Waals surface area contributed by atoms with Crippen molar-refractivity contribution in [2.45, 2.75) is 84.1 Å². The fourth-order valence-corrected chi connectivity index (χ4v) is 2.35. The fourth-order valence-electron chi connectivity index (χ4n) is 2.16. The minimum absolute atomic E-state index is 0.115. The van der Waals surface area contributed by atoms with Crippen LogP contribution >= 0.6 is 12.2 Å². The van der Waals surface area contributed by atoms with Crippen LogP contribution in [0.2, 0.25) is 0 Å². The summed E-state index contributed by atoms with van der Waals surface area (Å²) in [5.74, 6) is 0. The van der Waals surface area contributed by atoms with E-state index < -0.39 is 0 Å². The summed E-state index contributed by atoms with van der Waals surface area (Å²) in [6.07, 6.45) is 11.1. The summed E-state index contributed by atoms with van der Waals surface area (Å²) < 4.78 is 0. The first-order valence-corrected chi connectivity index (χ1v) is 7.24. The van der Waals surface area contributed by atoms with Crippen molar-refractivity contribution in [1.82, 2.24) is 0 Å². The number of hydrogen-bond acceptors (Lipinski definition) is 2. The van der Waals surface area contributed by atoms with Crippen molar-refractivity contribution in [3.8, 4) is 0 Å². The highest BCUT2D eigenvalue weighted by Crippen LogP contribution is 2.31. The Balaban J connectivity index is 4.51. The number of unbranched alkanes of at least 4 members (excludes halogenated alkanes) is 3. The zero-order valence-corrected chi connectivity index (χ0v) is 12.0. The lowest BCUT2D eigenvalue weighted by Crippen LogP contribution is -2.26. The van der Waals surface area contributed by atoms with E-state index in [1.165, 1.54) is 57.8 Å². The summed E-state index contributed by atoms with van der Waals surface area (Å²) >= 11 is 4.83. The number of hydrogen-bond donors (Lipinski definition) is 0. The lowest BCUT2D eigenvalue weighted by Gasteiger charge is -2.28. The average Bonchev–Trinajstić information content (AvgIpc) is 2.31. The second kappa shape index (κ2) is 9.99. The van der Waals surface area contributed by atoms with Gasteiger partial charge in [-0.15, -0.1) is 0 Å². The van der Waals surface area contributed by atoms with Crippen LogP contribution in [-0.2, 0) is 0 Å². The molecule has 0 radical (unpaired) electrons. The molecule has 0 amide bonds. The van der Waals surface area contributed by atoms with Crippen LogP contribution in [0.15, 0.2) is 4.99 Å². The van der Waals surface area contributed by atoms with Crippen molar-refractivity contribution in [3.63, 3.8) is 0 Å². The molecule has 2 heteroatoms. The van der Waals surface area contributed by atoms with Crippen LogP contribution < -0.4 is 0 Å². The second-order valence-corrected chi connectivity index (χ2v) is 4.92. The van der Waals surface area contributed by atoms with Gasteiger partial charge in [0.2, 0.25) is 0 Å². The van der Waals surface area contributed by atoms with Crippen molar-refractivity contribution in [3.05, 3.63) is 0 Å². The van der Waals surface area contributed by atoms with Gasteiger partial charge in [0.25, 0.3) is 0 Å². The van der Waals surface area contributed by atoms with Crippen molar-refractivity contribution in [1.29, 1.82) is 0 Å². The van der Waals surface area contributed by atoms with E-state index in [2.05, 4.69) is 30.9 Å². The molecule has 0 unspecified atom stereocenters. The normalized spacial score (nSPS) is 11.2. The molecule has 0 spiro atoms. The van der Waals surface area contributed by atoms with E-state index in [0.717, 1.165) is 0 Å². The molecule has 0 saturated carbocycles. The van der Waals surface area contributed by atoms with Crippen LogP contribution in [0.1, 0.15) is 78.6 Å². The van der Waals surface area contributed by atoms with Crippen LogP contribution in [0.25, 0.3) is 0 Å². The Labute approximate surface area is 107 Å². The largest absolute Gasteiger partial charge is 0.226 e. The van der Waals surface area contributed by atoms with Gasteiger partial charge in [-0.3, -0.25) is 0 Å². The molecule has 0 saturated heterocycles. The van der Waals surface area contributed by atoms with Crippen LogP contribution in [0, 0.1) is 0 Å². The van der Waals surface area contributed by atoms with Gasteiger partial charge in [0.1, 0.15) is 0 Å². The smallest absolute Gasteiger partial charge is 0.0711 e. The predicted octanol–water partition coefficient (Wildman–Crippen LogP) is 5.40. The quantitative estimate of drug-likeness (QED) is 0.368. The van der Waals surface area contributed by atoms with E-state index in [4.69, 9.17) is 12.2 Å². The predicted molar refractivity (Wildman–Crippen MR) is 76.3 cm³/mol. The van der Waals surface area contributed by atoms with Gasteiger partial charge in [-0.1, -0.05) is 59.3 Å². The molecule has 0 aromatic carbocycles. The fraction of sp³-hybridized carbons (Fsp3) is 0.929. The zero-order valence-electron chi connectivity index (χ0n) is 11.2. The van der Waals surface area contributed by atoms with Gasteiger partial charge in [-0.05, 0) is 31.5 Å². The molecule has 1 nitrogen and oxygen atoms in total. The summed E-state index contributed by atoms with van der Waals surface area (Å²) in [4.78, 5) is 4.53. The maximum atomic E-state index is 4.83. The topological polar surface area (TPSA) is 12.4 Å². The van der Waals surface area contributed by atoms with Crippen molar-refractivity contribution in [2.75, 3.05) is 0 Å². The molecule has 0 fully saturated rings. The van der Waals surface area contributed by atoms with E-state index in [9.17, 15) is 0 Å². The minimum atomic E-state index is 0.115. The highest BCUT2D eigenvalue weighted by atomic mass is 32.1. The van der Waals surface area contributed by atoms with Gasteiger partial charge in [-0.2, -0.15) is 0 Å². The number of isothiocyanates is 1. The van der Waals surface area contributed by atoms with Gasteiger partial charge in [0.15, 0.2) is 0 Å². The molecule has 16 heavy (non-hydrogen) atoms. The average molecular weight is 241 g/mol. The molecule has 0 atom stereocenters. The summed E-state index contributed by atoms with van der Waals surface area (Å²) in [5, 5.41) is 2.64. The highest BCUT2D eigenvalue weighted by molar-refractivity contribution is 7.78. The van der Waals surface area contributed by atoms with Gasteiger partial charge >= 0.3 is 0 Å². The Bertz CT molecular complexity index is 185. The first kappa shape index (κ1) is 15.8. The highest BCUT2D eigenvalue weighted by Gasteiger charge is 2.27. The number of nitrogens with zero attached hydrogens (tertiary/aromatic N) is 1. The molecule has 94 valence electrons. The molecular formula is C14H27NS. The van der Waals surface area contributed by atoms with Gasteiger partial charge < -0.3 is 0 Å². The van der Waals surface area contributed by atoms with Crippen LogP contribution in [0.5, 0.6) is 0 Å². The lowest BCUT2D eigenvalue weighted by molar-refractivity contribution is 0.317. The van der Waals surface area contributed by atoms with Crippen LogP contribution in [0.3, 0.4) is 0 Å². The van der Waals surface area contributed by atoms with Gasteiger partial charge in [0, 0.05) is 0 Å². The van der Waals surface area contributed by atoms with Crippen molar-refractivity contribution < 1.29 is 0 Å². The lowest BCUT2D eigenvalue weighted by atomic mass is 9.83. The SMILES string of the molecule is CCCCC(CCCC)(CCCC)N=C=S. The third-order valence-electron chi connectivity index (χ3n) is 3.27. The second-order valence-electron chi connectivity index (χ2n) is 4.74.